The van der Waals surface area contributed by atoms with Crippen molar-refractivity contribution in [1.82, 2.24) is 10.3 Å². The number of carbonyl (C=O) groups is 2. The van der Waals surface area contributed by atoms with Crippen LogP contribution in [0.25, 0.3) is 0 Å². The van der Waals surface area contributed by atoms with E-state index in [-0.39, 0.29) is 11.6 Å². The molecule has 1 rings (SSSR count). The van der Waals surface area contributed by atoms with Crippen molar-refractivity contribution in [3.05, 3.63) is 29.6 Å². The summed E-state index contributed by atoms with van der Waals surface area (Å²) in [6.45, 7) is 5.32. The molecule has 0 aliphatic rings. The minimum atomic E-state index is -1.04. The van der Waals surface area contributed by atoms with Gasteiger partial charge in [-0.05, 0) is 30.5 Å². The topological polar surface area (TPSA) is 79.3 Å². The first kappa shape index (κ1) is 13.2. The van der Waals surface area contributed by atoms with E-state index in [4.69, 9.17) is 5.11 Å². The number of carboxylic acid groups (broad SMARTS) is 1. The monoisotopic (exact) mass is 236 g/mol. The third-order valence-corrected chi connectivity index (χ3v) is 2.37. The van der Waals surface area contributed by atoms with E-state index in [0.717, 1.165) is 5.56 Å². The van der Waals surface area contributed by atoms with Gasteiger partial charge in [-0.1, -0.05) is 13.8 Å². The molecule has 0 aliphatic heterocycles. The highest BCUT2D eigenvalue weighted by Crippen LogP contribution is 2.05. The predicted octanol–water partition coefficient (Wildman–Crippen LogP) is 1.23. The molecule has 1 amide bonds. The SMILES string of the molecule is Cc1ccnc(C(=O)N[C@H](C(=O)O)C(C)C)c1. The Morgan fingerprint density at radius 3 is 2.53 bits per heavy atom. The molecule has 0 spiro atoms. The van der Waals surface area contributed by atoms with Crippen LogP contribution in [0.3, 0.4) is 0 Å². The van der Waals surface area contributed by atoms with E-state index >= 15 is 0 Å². The summed E-state index contributed by atoms with van der Waals surface area (Å²) in [7, 11) is 0. The summed E-state index contributed by atoms with van der Waals surface area (Å²) < 4.78 is 0. The molecule has 0 saturated heterocycles. The fourth-order valence-corrected chi connectivity index (χ4v) is 1.39. The molecule has 0 unspecified atom stereocenters. The van der Waals surface area contributed by atoms with Crippen molar-refractivity contribution < 1.29 is 14.7 Å². The van der Waals surface area contributed by atoms with Crippen LogP contribution in [-0.2, 0) is 4.79 Å². The van der Waals surface area contributed by atoms with E-state index < -0.39 is 17.9 Å². The number of carbonyl (C=O) groups excluding carboxylic acids is 1. The number of rotatable bonds is 4. The predicted molar refractivity (Wildman–Crippen MR) is 62.7 cm³/mol. The first-order chi connectivity index (χ1) is 7.91. The van der Waals surface area contributed by atoms with Crippen LogP contribution in [0.5, 0.6) is 0 Å². The van der Waals surface area contributed by atoms with E-state index in [9.17, 15) is 9.59 Å². The lowest BCUT2D eigenvalue weighted by atomic mass is 10.0. The van der Waals surface area contributed by atoms with E-state index in [1.807, 2.05) is 6.92 Å². The second kappa shape index (κ2) is 5.43. The van der Waals surface area contributed by atoms with E-state index in [1.54, 1.807) is 26.0 Å². The molecular formula is C12H16N2O3. The number of amides is 1. The van der Waals surface area contributed by atoms with Crippen molar-refractivity contribution in [3.63, 3.8) is 0 Å². The van der Waals surface area contributed by atoms with Gasteiger partial charge in [0.1, 0.15) is 11.7 Å². The summed E-state index contributed by atoms with van der Waals surface area (Å²) in [6, 6.07) is 2.49. The molecule has 5 nitrogen and oxygen atoms in total. The van der Waals surface area contributed by atoms with E-state index in [2.05, 4.69) is 10.3 Å². The van der Waals surface area contributed by atoms with Gasteiger partial charge in [-0.25, -0.2) is 4.79 Å². The minimum Gasteiger partial charge on any atom is -0.480 e. The highest BCUT2D eigenvalue weighted by molar-refractivity contribution is 5.95. The first-order valence-electron chi connectivity index (χ1n) is 5.38. The van der Waals surface area contributed by atoms with Crippen LogP contribution in [0.1, 0.15) is 29.9 Å². The fourth-order valence-electron chi connectivity index (χ4n) is 1.39. The Hall–Kier alpha value is -1.91. The molecule has 1 aromatic rings. The summed E-state index contributed by atoms with van der Waals surface area (Å²) in [5.74, 6) is -1.68. The molecule has 0 bridgehead atoms. The average Bonchev–Trinajstić information content (AvgIpc) is 2.24. The number of carboxylic acids is 1. The van der Waals surface area contributed by atoms with Crippen LogP contribution in [0.4, 0.5) is 0 Å². The molecule has 0 saturated carbocycles. The second-order valence-electron chi connectivity index (χ2n) is 4.25. The lowest BCUT2D eigenvalue weighted by Gasteiger charge is -2.17. The van der Waals surface area contributed by atoms with Crippen LogP contribution in [0, 0.1) is 12.8 Å². The summed E-state index contributed by atoms with van der Waals surface area (Å²) in [5, 5.41) is 11.4. The smallest absolute Gasteiger partial charge is 0.326 e. The van der Waals surface area contributed by atoms with Crippen molar-refractivity contribution in [2.75, 3.05) is 0 Å². The number of aryl methyl sites for hydroxylation is 1. The molecule has 1 aromatic heterocycles. The number of nitrogens with zero attached hydrogens (tertiary/aromatic N) is 1. The summed E-state index contributed by atoms with van der Waals surface area (Å²) >= 11 is 0. The molecule has 1 heterocycles. The largest absolute Gasteiger partial charge is 0.480 e. The molecule has 0 fully saturated rings. The highest BCUT2D eigenvalue weighted by atomic mass is 16.4. The Bertz CT molecular complexity index is 430. The normalized spacial score (nSPS) is 12.2. The Morgan fingerprint density at radius 2 is 2.06 bits per heavy atom. The average molecular weight is 236 g/mol. The van der Waals surface area contributed by atoms with Gasteiger partial charge in [-0.15, -0.1) is 0 Å². The van der Waals surface area contributed by atoms with Crippen LogP contribution >= 0.6 is 0 Å². The summed E-state index contributed by atoms with van der Waals surface area (Å²) in [4.78, 5) is 26.6. The zero-order valence-electron chi connectivity index (χ0n) is 10.1. The van der Waals surface area contributed by atoms with Gasteiger partial charge in [-0.2, -0.15) is 0 Å². The standard InChI is InChI=1S/C12H16N2O3/c1-7(2)10(12(16)17)14-11(15)9-6-8(3)4-5-13-9/h4-7,10H,1-3H3,(H,14,15)(H,16,17)/t10-/m0/s1. The third-order valence-electron chi connectivity index (χ3n) is 2.37. The zero-order chi connectivity index (χ0) is 13.0. The number of aliphatic carboxylic acids is 1. The van der Waals surface area contributed by atoms with Crippen molar-refractivity contribution in [2.45, 2.75) is 26.8 Å². The molecule has 5 heteroatoms. The molecule has 92 valence electrons. The summed E-state index contributed by atoms with van der Waals surface area (Å²) in [5.41, 5.74) is 1.14. The van der Waals surface area contributed by atoms with Crippen molar-refractivity contribution in [1.29, 1.82) is 0 Å². The lowest BCUT2D eigenvalue weighted by Crippen LogP contribution is -2.44. The Balaban J connectivity index is 2.81. The van der Waals surface area contributed by atoms with Crippen molar-refractivity contribution in [2.24, 2.45) is 5.92 Å². The van der Waals surface area contributed by atoms with Gasteiger partial charge in [0.2, 0.25) is 0 Å². The van der Waals surface area contributed by atoms with Gasteiger partial charge in [0, 0.05) is 6.20 Å². The van der Waals surface area contributed by atoms with Gasteiger partial charge >= 0.3 is 5.97 Å². The molecule has 1 atom stereocenters. The Morgan fingerprint density at radius 1 is 1.41 bits per heavy atom. The van der Waals surface area contributed by atoms with Crippen LogP contribution in [0.2, 0.25) is 0 Å². The first-order valence-corrected chi connectivity index (χ1v) is 5.38. The van der Waals surface area contributed by atoms with Crippen LogP contribution in [-0.4, -0.2) is 28.0 Å². The van der Waals surface area contributed by atoms with Crippen LogP contribution < -0.4 is 5.32 Å². The van der Waals surface area contributed by atoms with Gasteiger partial charge in [0.15, 0.2) is 0 Å². The molecule has 0 radical (unpaired) electrons. The van der Waals surface area contributed by atoms with Crippen LogP contribution in [0.15, 0.2) is 18.3 Å². The Kier molecular flexibility index (Phi) is 4.20. The van der Waals surface area contributed by atoms with Crippen molar-refractivity contribution in [3.8, 4) is 0 Å². The maximum Gasteiger partial charge on any atom is 0.326 e. The van der Waals surface area contributed by atoms with Gasteiger partial charge in [0.25, 0.3) is 5.91 Å². The minimum absolute atomic E-state index is 0.179. The lowest BCUT2D eigenvalue weighted by molar-refractivity contribution is -0.140. The number of pyridine rings is 1. The fraction of sp³-hybridized carbons (Fsp3) is 0.417. The quantitative estimate of drug-likeness (QED) is 0.824. The highest BCUT2D eigenvalue weighted by Gasteiger charge is 2.24. The number of nitrogens with one attached hydrogen (secondary N) is 1. The van der Waals surface area contributed by atoms with E-state index in [1.165, 1.54) is 6.20 Å². The van der Waals surface area contributed by atoms with Gasteiger partial charge < -0.3 is 10.4 Å². The maximum atomic E-state index is 11.8. The van der Waals surface area contributed by atoms with Gasteiger partial charge in [0.05, 0.1) is 0 Å². The van der Waals surface area contributed by atoms with E-state index in [0.29, 0.717) is 0 Å². The third kappa shape index (κ3) is 3.55. The number of aromatic nitrogens is 1. The number of hydrogen-bond donors (Lipinski definition) is 2. The molecule has 0 aliphatic carbocycles. The molecule has 0 aromatic carbocycles. The zero-order valence-corrected chi connectivity index (χ0v) is 10.1. The van der Waals surface area contributed by atoms with Gasteiger partial charge in [-0.3, -0.25) is 9.78 Å². The number of hydrogen-bond acceptors (Lipinski definition) is 3. The summed E-state index contributed by atoms with van der Waals surface area (Å²) in [6.07, 6.45) is 1.52. The molecule has 17 heavy (non-hydrogen) atoms. The Labute approximate surface area is 99.9 Å². The maximum absolute atomic E-state index is 11.8. The van der Waals surface area contributed by atoms with Crippen molar-refractivity contribution >= 4 is 11.9 Å². The second-order valence-corrected chi connectivity index (χ2v) is 4.25. The molecule has 2 N–H and O–H groups in total. The molecular weight excluding hydrogens is 220 g/mol.